The normalized spacial score (nSPS) is 10.9. The van der Waals surface area contributed by atoms with Crippen LogP contribution in [0.5, 0.6) is 0 Å². The van der Waals surface area contributed by atoms with Crippen LogP contribution in [0.15, 0.2) is 24.5 Å². The summed E-state index contributed by atoms with van der Waals surface area (Å²) in [6.07, 6.45) is 0.999. The number of carbonyl (C=O) groups is 2. The molecule has 0 spiro atoms. The van der Waals surface area contributed by atoms with Crippen molar-refractivity contribution in [3.05, 3.63) is 41.5 Å². The second kappa shape index (κ2) is 8.55. The number of nitrogen functional groups attached to an aromatic ring is 1. The van der Waals surface area contributed by atoms with Gasteiger partial charge in [-0.2, -0.15) is 0 Å². The average molecular weight is 436 g/mol. The van der Waals surface area contributed by atoms with E-state index in [1.54, 1.807) is 50.8 Å². The van der Waals surface area contributed by atoms with Crippen LogP contribution in [0.3, 0.4) is 0 Å². The lowest BCUT2D eigenvalue weighted by molar-refractivity contribution is 0.0581. The molecule has 3 aromatic heterocycles. The van der Waals surface area contributed by atoms with Gasteiger partial charge in [-0.3, -0.25) is 4.90 Å². The minimum Gasteiger partial charge on any atom is -0.464 e. The molecular formula is C22H24N6O4. The first-order chi connectivity index (χ1) is 15.0. The largest absolute Gasteiger partial charge is 0.464 e. The minimum absolute atomic E-state index is 0.114. The number of amides is 1. The van der Waals surface area contributed by atoms with Crippen LogP contribution in [0.4, 0.5) is 16.4 Å². The minimum atomic E-state index is -0.669. The molecule has 0 aliphatic carbocycles. The monoisotopic (exact) mass is 436 g/mol. The Labute approximate surface area is 185 Å². The van der Waals surface area contributed by atoms with Crippen molar-refractivity contribution >= 4 is 34.7 Å². The quantitative estimate of drug-likeness (QED) is 0.480. The second-order valence-corrected chi connectivity index (χ2v) is 7.94. The lowest BCUT2D eigenvalue weighted by Gasteiger charge is -2.24. The predicted molar refractivity (Wildman–Crippen MR) is 119 cm³/mol. The molecule has 3 aromatic rings. The molecule has 0 saturated carbocycles. The molecule has 0 aromatic carbocycles. The number of aromatic nitrogens is 4. The van der Waals surface area contributed by atoms with Crippen LogP contribution in [0.25, 0.3) is 11.0 Å². The zero-order chi connectivity index (χ0) is 23.6. The highest BCUT2D eigenvalue weighted by molar-refractivity contribution is 6.00. The number of ether oxygens (including phenoxy) is 2. The second-order valence-electron chi connectivity index (χ2n) is 7.94. The average Bonchev–Trinajstić information content (AvgIpc) is 3.12. The number of nitrogens with zero attached hydrogens (tertiary/aromatic N) is 5. The van der Waals surface area contributed by atoms with Crippen LogP contribution in [-0.2, 0) is 16.5 Å². The van der Waals surface area contributed by atoms with Gasteiger partial charge in [0.1, 0.15) is 28.3 Å². The topological polar surface area (TPSA) is 125 Å². The van der Waals surface area contributed by atoms with Gasteiger partial charge in [-0.05, 0) is 38.8 Å². The smallest absolute Gasteiger partial charge is 0.415 e. The van der Waals surface area contributed by atoms with Gasteiger partial charge in [-0.15, -0.1) is 0 Å². The number of nitrogens with two attached hydrogens (primary N) is 1. The maximum absolute atomic E-state index is 12.5. The van der Waals surface area contributed by atoms with Crippen LogP contribution < -0.4 is 10.6 Å². The van der Waals surface area contributed by atoms with Crippen LogP contribution in [0.1, 0.15) is 42.5 Å². The van der Waals surface area contributed by atoms with Crippen molar-refractivity contribution in [2.75, 3.05) is 24.8 Å². The van der Waals surface area contributed by atoms with Gasteiger partial charge in [-0.25, -0.2) is 24.5 Å². The third kappa shape index (κ3) is 4.62. The summed E-state index contributed by atoms with van der Waals surface area (Å²) in [5, 5.41) is 0. The Morgan fingerprint density at radius 2 is 1.91 bits per heavy atom. The van der Waals surface area contributed by atoms with E-state index in [1.165, 1.54) is 25.1 Å². The van der Waals surface area contributed by atoms with Crippen molar-refractivity contribution in [1.82, 2.24) is 19.5 Å². The summed E-state index contributed by atoms with van der Waals surface area (Å²) < 4.78 is 11.8. The Balaban J connectivity index is 2.07. The molecule has 10 nitrogen and oxygen atoms in total. The summed E-state index contributed by atoms with van der Waals surface area (Å²) in [7, 11) is 4.61. The first-order valence-electron chi connectivity index (χ1n) is 9.66. The molecule has 0 fully saturated rings. The molecule has 0 radical (unpaired) electrons. The maximum atomic E-state index is 12.5. The Bertz CT molecular complexity index is 1260. The van der Waals surface area contributed by atoms with Crippen LogP contribution in [0, 0.1) is 11.8 Å². The van der Waals surface area contributed by atoms with E-state index in [0.29, 0.717) is 22.3 Å². The molecular weight excluding hydrogens is 412 g/mol. The highest BCUT2D eigenvalue weighted by atomic mass is 16.6. The van der Waals surface area contributed by atoms with Gasteiger partial charge >= 0.3 is 12.1 Å². The van der Waals surface area contributed by atoms with E-state index in [-0.39, 0.29) is 17.3 Å². The summed E-state index contributed by atoms with van der Waals surface area (Å²) in [6, 6.07) is 4.85. The number of fused-ring (bicyclic) bond motifs is 1. The van der Waals surface area contributed by atoms with Gasteiger partial charge in [0, 0.05) is 14.1 Å². The number of anilines is 2. The number of carbonyl (C=O) groups excluding carboxylic acids is 2. The standard InChI is InChI=1S/C22H24N6O4/c1-22(2,3)32-21(30)28(5)19-16-17(27(4)12-24-16)14(18(23)26-19)11-10-13-8-7-9-15(25-13)20(29)31-6/h7-9,12H,1-6H3,(H2,23,26). The maximum Gasteiger partial charge on any atom is 0.415 e. The SMILES string of the molecule is COC(=O)c1cccc(C#Cc2c(N)nc(N(C)C(=O)OC(C)(C)C)c3ncn(C)c23)n1. The highest BCUT2D eigenvalue weighted by Gasteiger charge is 2.25. The van der Waals surface area contributed by atoms with Crippen molar-refractivity contribution in [2.24, 2.45) is 7.05 Å². The molecule has 0 aliphatic heterocycles. The lowest BCUT2D eigenvalue weighted by atomic mass is 10.2. The fourth-order valence-electron chi connectivity index (χ4n) is 2.86. The van der Waals surface area contributed by atoms with Crippen LogP contribution in [-0.4, -0.2) is 51.3 Å². The first kappa shape index (κ1) is 22.6. The number of hydrogen-bond acceptors (Lipinski definition) is 8. The summed E-state index contributed by atoms with van der Waals surface area (Å²) in [4.78, 5) is 38.4. The number of imidazole rings is 1. The third-order valence-electron chi connectivity index (χ3n) is 4.31. The Morgan fingerprint density at radius 3 is 2.56 bits per heavy atom. The molecule has 0 atom stereocenters. The fourth-order valence-corrected chi connectivity index (χ4v) is 2.86. The van der Waals surface area contributed by atoms with Crippen LogP contribution in [0.2, 0.25) is 0 Å². The zero-order valence-corrected chi connectivity index (χ0v) is 18.8. The predicted octanol–water partition coefficient (Wildman–Crippen LogP) is 2.50. The molecule has 3 rings (SSSR count). The molecule has 1 amide bonds. The van der Waals surface area contributed by atoms with Gasteiger partial charge in [0.2, 0.25) is 0 Å². The van der Waals surface area contributed by atoms with Gasteiger partial charge in [0.15, 0.2) is 5.82 Å². The van der Waals surface area contributed by atoms with E-state index in [9.17, 15) is 9.59 Å². The fraction of sp³-hybridized carbons (Fsp3) is 0.318. The van der Waals surface area contributed by atoms with Crippen molar-refractivity contribution in [2.45, 2.75) is 26.4 Å². The summed E-state index contributed by atoms with van der Waals surface area (Å²) in [5.74, 6) is 5.68. The Morgan fingerprint density at radius 1 is 1.19 bits per heavy atom. The number of hydrogen-bond donors (Lipinski definition) is 1. The molecule has 3 heterocycles. The molecule has 0 bridgehead atoms. The van der Waals surface area contributed by atoms with Crippen molar-refractivity contribution in [1.29, 1.82) is 0 Å². The zero-order valence-electron chi connectivity index (χ0n) is 18.8. The van der Waals surface area contributed by atoms with E-state index in [0.717, 1.165) is 0 Å². The molecule has 0 saturated heterocycles. The lowest BCUT2D eigenvalue weighted by Crippen LogP contribution is -2.34. The molecule has 32 heavy (non-hydrogen) atoms. The molecule has 2 N–H and O–H groups in total. The van der Waals surface area contributed by atoms with Crippen molar-refractivity contribution in [3.63, 3.8) is 0 Å². The molecule has 0 aliphatic rings. The van der Waals surface area contributed by atoms with Gasteiger partial charge in [0.05, 0.1) is 24.5 Å². The summed E-state index contributed by atoms with van der Waals surface area (Å²) in [6.45, 7) is 5.33. The van der Waals surface area contributed by atoms with Gasteiger partial charge in [0.25, 0.3) is 0 Å². The van der Waals surface area contributed by atoms with Gasteiger partial charge < -0.3 is 19.8 Å². The number of pyridine rings is 2. The Hall–Kier alpha value is -4.13. The van der Waals surface area contributed by atoms with Crippen LogP contribution >= 0.6 is 0 Å². The van der Waals surface area contributed by atoms with Gasteiger partial charge in [-0.1, -0.05) is 12.0 Å². The molecule has 166 valence electrons. The third-order valence-corrected chi connectivity index (χ3v) is 4.31. The number of rotatable bonds is 2. The summed E-state index contributed by atoms with van der Waals surface area (Å²) >= 11 is 0. The molecule has 0 unspecified atom stereocenters. The number of esters is 1. The first-order valence-corrected chi connectivity index (χ1v) is 9.66. The Kier molecular flexibility index (Phi) is 6.02. The number of aryl methyl sites for hydroxylation is 1. The van der Waals surface area contributed by atoms with E-state index >= 15 is 0 Å². The van der Waals surface area contributed by atoms with E-state index in [4.69, 9.17) is 10.5 Å². The molecule has 10 heteroatoms. The highest BCUT2D eigenvalue weighted by Crippen LogP contribution is 2.29. The van der Waals surface area contributed by atoms with Crippen molar-refractivity contribution < 1.29 is 19.1 Å². The van der Waals surface area contributed by atoms with E-state index < -0.39 is 17.7 Å². The van der Waals surface area contributed by atoms with E-state index in [1.807, 2.05) is 0 Å². The number of methoxy groups -OCH3 is 1. The summed E-state index contributed by atoms with van der Waals surface area (Å²) in [5.41, 5.74) is 7.51. The van der Waals surface area contributed by atoms with Crippen molar-refractivity contribution in [3.8, 4) is 11.8 Å². The van der Waals surface area contributed by atoms with E-state index in [2.05, 4.69) is 31.5 Å².